The maximum absolute atomic E-state index is 14.2. The Hall–Kier alpha value is -1.92. The first-order valence-electron chi connectivity index (χ1n) is 7.35. The number of nitrogens with one attached hydrogen (secondary N) is 1. The highest BCUT2D eigenvalue weighted by Crippen LogP contribution is 2.40. The Morgan fingerprint density at radius 1 is 1.28 bits per heavy atom. The molecule has 0 radical (unpaired) electrons. The third kappa shape index (κ3) is 3.41. The Balaban J connectivity index is 2.08. The van der Waals surface area contributed by atoms with Crippen molar-refractivity contribution in [1.82, 2.24) is 0 Å². The first-order valence-corrected chi connectivity index (χ1v) is 8.52. The van der Waals surface area contributed by atoms with Gasteiger partial charge < -0.3 is 10.1 Å². The van der Waals surface area contributed by atoms with Crippen LogP contribution in [0.4, 0.5) is 14.5 Å². The molecule has 0 aromatic heterocycles. The molecule has 25 heavy (non-hydrogen) atoms. The van der Waals surface area contributed by atoms with Gasteiger partial charge in [-0.1, -0.05) is 23.7 Å². The number of carbonyl (C=O) groups excluding carboxylic acids is 1. The zero-order valence-electron chi connectivity index (χ0n) is 13.3. The highest BCUT2D eigenvalue weighted by atomic mass is 79.9. The second-order valence-corrected chi connectivity index (χ2v) is 7.25. The molecule has 1 amide bonds. The van der Waals surface area contributed by atoms with Crippen molar-refractivity contribution in [3.05, 3.63) is 62.6 Å². The van der Waals surface area contributed by atoms with E-state index in [1.165, 1.54) is 18.2 Å². The molecular weight excluding hydrogens is 416 g/mol. The fourth-order valence-corrected chi connectivity index (χ4v) is 3.07. The number of fused-ring (bicyclic) bond motifs is 1. The molecule has 0 saturated carbocycles. The summed E-state index contributed by atoms with van der Waals surface area (Å²) in [5, 5.41) is 2.43. The van der Waals surface area contributed by atoms with Gasteiger partial charge in [0.05, 0.1) is 20.7 Å². The Morgan fingerprint density at radius 2 is 2.00 bits per heavy atom. The van der Waals surface area contributed by atoms with E-state index in [4.69, 9.17) is 16.3 Å². The van der Waals surface area contributed by atoms with Crippen LogP contribution in [-0.2, 0) is 0 Å². The van der Waals surface area contributed by atoms with Crippen LogP contribution in [0, 0.1) is 11.6 Å². The van der Waals surface area contributed by atoms with Crippen LogP contribution in [-0.4, -0.2) is 11.5 Å². The number of halogens is 4. The molecule has 0 atom stereocenters. The van der Waals surface area contributed by atoms with E-state index in [1.807, 2.05) is 0 Å². The van der Waals surface area contributed by atoms with E-state index in [0.717, 1.165) is 6.07 Å². The van der Waals surface area contributed by atoms with Crippen molar-refractivity contribution in [3.63, 3.8) is 0 Å². The fourth-order valence-electron chi connectivity index (χ4n) is 2.44. The minimum Gasteiger partial charge on any atom is -0.482 e. The second-order valence-electron chi connectivity index (χ2n) is 6.05. The Kier molecular flexibility index (Phi) is 4.60. The lowest BCUT2D eigenvalue weighted by molar-refractivity contribution is 0.101. The van der Waals surface area contributed by atoms with Gasteiger partial charge in [0, 0.05) is 5.56 Å². The van der Waals surface area contributed by atoms with Gasteiger partial charge in [-0.05, 0) is 54.1 Å². The largest absolute Gasteiger partial charge is 0.482 e. The van der Waals surface area contributed by atoms with Crippen molar-refractivity contribution in [1.29, 1.82) is 0 Å². The Bertz CT molecular complexity index is 892. The molecule has 2 aromatic carbocycles. The summed E-state index contributed by atoms with van der Waals surface area (Å²) in [7, 11) is 0. The van der Waals surface area contributed by atoms with Crippen LogP contribution in [0.25, 0.3) is 6.08 Å². The molecule has 1 aliphatic heterocycles. The average molecular weight is 429 g/mol. The van der Waals surface area contributed by atoms with Gasteiger partial charge in [-0.3, -0.25) is 4.79 Å². The van der Waals surface area contributed by atoms with Crippen molar-refractivity contribution >= 4 is 45.2 Å². The monoisotopic (exact) mass is 427 g/mol. The van der Waals surface area contributed by atoms with Gasteiger partial charge in [0.2, 0.25) is 0 Å². The molecule has 130 valence electrons. The van der Waals surface area contributed by atoms with Crippen LogP contribution in [0.3, 0.4) is 0 Å². The zero-order chi connectivity index (χ0) is 18.4. The summed E-state index contributed by atoms with van der Waals surface area (Å²) in [6.45, 7) is 3.61. The van der Waals surface area contributed by atoms with Crippen molar-refractivity contribution in [2.75, 3.05) is 5.32 Å². The number of amides is 1. The van der Waals surface area contributed by atoms with Crippen LogP contribution >= 0.6 is 27.5 Å². The lowest BCUT2D eigenvalue weighted by Crippen LogP contribution is -2.29. The van der Waals surface area contributed by atoms with E-state index >= 15 is 0 Å². The second kappa shape index (κ2) is 6.42. The predicted octanol–water partition coefficient (Wildman–Crippen LogP) is 5.82. The number of hydrogen-bond acceptors (Lipinski definition) is 2. The molecule has 1 N–H and O–H groups in total. The highest BCUT2D eigenvalue weighted by Gasteiger charge is 2.29. The summed E-state index contributed by atoms with van der Waals surface area (Å²) in [5.74, 6) is -1.82. The third-order valence-corrected chi connectivity index (χ3v) is 4.79. The summed E-state index contributed by atoms with van der Waals surface area (Å²) in [6.07, 6.45) is 3.44. The molecule has 3 rings (SSSR count). The van der Waals surface area contributed by atoms with Crippen molar-refractivity contribution in [2.24, 2.45) is 0 Å². The summed E-state index contributed by atoms with van der Waals surface area (Å²) >= 11 is 9.09. The smallest absolute Gasteiger partial charge is 0.259 e. The third-order valence-electron chi connectivity index (χ3n) is 3.67. The van der Waals surface area contributed by atoms with Gasteiger partial charge in [0.15, 0.2) is 0 Å². The minimum atomic E-state index is -0.722. The summed E-state index contributed by atoms with van der Waals surface area (Å²) in [4.78, 5) is 12.6. The molecule has 0 aliphatic carbocycles. The molecule has 1 aliphatic rings. The van der Waals surface area contributed by atoms with E-state index in [2.05, 4.69) is 21.2 Å². The molecule has 0 fully saturated rings. The number of rotatable bonds is 2. The van der Waals surface area contributed by atoms with E-state index in [-0.39, 0.29) is 26.5 Å². The topological polar surface area (TPSA) is 38.3 Å². The quantitative estimate of drug-likeness (QED) is 0.655. The normalized spacial score (nSPS) is 14.6. The lowest BCUT2D eigenvalue weighted by Gasteiger charge is -2.30. The van der Waals surface area contributed by atoms with Gasteiger partial charge in [0.1, 0.15) is 23.0 Å². The van der Waals surface area contributed by atoms with Crippen LogP contribution < -0.4 is 10.1 Å². The first-order chi connectivity index (χ1) is 11.7. The minimum absolute atomic E-state index is 0.0425. The predicted molar refractivity (Wildman–Crippen MR) is 97.2 cm³/mol. The number of benzene rings is 2. The van der Waals surface area contributed by atoms with Crippen LogP contribution in [0.1, 0.15) is 29.8 Å². The maximum atomic E-state index is 14.2. The standard InChI is InChI=1S/C18H13BrClF2NO2/c1-18(2)7-6-9-14(19)13(22)8-10(16(9)25-18)17(24)23-15-11(20)4-3-5-12(15)21/h3-8H,1-2H3,(H,23,24). The Morgan fingerprint density at radius 3 is 2.68 bits per heavy atom. The molecule has 0 spiro atoms. The van der Waals surface area contributed by atoms with Gasteiger partial charge in [-0.2, -0.15) is 0 Å². The summed E-state index contributed by atoms with van der Waals surface area (Å²) < 4.78 is 34.1. The molecular formula is C18H13BrClF2NO2. The fraction of sp³-hybridized carbons (Fsp3) is 0.167. The van der Waals surface area contributed by atoms with Gasteiger partial charge in [-0.25, -0.2) is 8.78 Å². The summed E-state index contributed by atoms with van der Waals surface area (Å²) in [5.41, 5.74) is -0.483. The van der Waals surface area contributed by atoms with Gasteiger partial charge in [0.25, 0.3) is 5.91 Å². The molecule has 0 saturated heterocycles. The van der Waals surface area contributed by atoms with Crippen LogP contribution in [0.15, 0.2) is 34.8 Å². The number of para-hydroxylation sites is 1. The average Bonchev–Trinajstić information content (AvgIpc) is 2.53. The number of hydrogen-bond donors (Lipinski definition) is 1. The molecule has 2 aromatic rings. The number of carbonyl (C=O) groups is 1. The zero-order valence-corrected chi connectivity index (χ0v) is 15.6. The lowest BCUT2D eigenvalue weighted by atomic mass is 9.99. The van der Waals surface area contributed by atoms with E-state index in [1.54, 1.807) is 26.0 Å². The molecule has 3 nitrogen and oxygen atoms in total. The first kappa shape index (κ1) is 17.9. The molecule has 0 unspecified atom stereocenters. The van der Waals surface area contributed by atoms with E-state index < -0.39 is 23.1 Å². The maximum Gasteiger partial charge on any atom is 0.259 e. The highest BCUT2D eigenvalue weighted by molar-refractivity contribution is 9.10. The van der Waals surface area contributed by atoms with Crippen molar-refractivity contribution in [2.45, 2.75) is 19.4 Å². The molecule has 1 heterocycles. The number of ether oxygens (including phenoxy) is 1. The van der Waals surface area contributed by atoms with Crippen molar-refractivity contribution in [3.8, 4) is 5.75 Å². The Labute approximate surface area is 156 Å². The van der Waals surface area contributed by atoms with Crippen LogP contribution in [0.5, 0.6) is 5.75 Å². The van der Waals surface area contributed by atoms with E-state index in [9.17, 15) is 13.6 Å². The van der Waals surface area contributed by atoms with Gasteiger partial charge >= 0.3 is 0 Å². The van der Waals surface area contributed by atoms with E-state index in [0.29, 0.717) is 5.56 Å². The molecule has 7 heteroatoms. The summed E-state index contributed by atoms with van der Waals surface area (Å²) in [6, 6.07) is 5.08. The SMILES string of the molecule is CC1(C)C=Cc2c(Br)c(F)cc(C(=O)Nc3c(F)cccc3Cl)c2O1. The van der Waals surface area contributed by atoms with Crippen LogP contribution in [0.2, 0.25) is 5.02 Å². The molecule has 0 bridgehead atoms. The van der Waals surface area contributed by atoms with Crippen molar-refractivity contribution < 1.29 is 18.3 Å². The van der Waals surface area contributed by atoms with Gasteiger partial charge in [-0.15, -0.1) is 0 Å². The number of anilines is 1.